The molecule has 0 atom stereocenters. The molecule has 3 heterocycles. The predicted octanol–water partition coefficient (Wildman–Crippen LogP) is 3.13. The second-order valence-corrected chi connectivity index (χ2v) is 6.55. The average molecular weight is 351 g/mol. The first-order valence-corrected chi connectivity index (χ1v) is 8.52. The Morgan fingerprint density at radius 3 is 2.88 bits per heavy atom. The molecule has 0 unspecified atom stereocenters. The van der Waals surface area contributed by atoms with E-state index in [9.17, 15) is 9.18 Å². The summed E-state index contributed by atoms with van der Waals surface area (Å²) >= 11 is 0. The van der Waals surface area contributed by atoms with Crippen LogP contribution in [0.5, 0.6) is 0 Å². The van der Waals surface area contributed by atoms with Gasteiger partial charge in [-0.1, -0.05) is 19.9 Å². The van der Waals surface area contributed by atoms with Crippen molar-refractivity contribution in [3.8, 4) is 5.69 Å². The summed E-state index contributed by atoms with van der Waals surface area (Å²) in [5.74, 6) is 0.119. The van der Waals surface area contributed by atoms with Gasteiger partial charge in [-0.3, -0.25) is 9.78 Å². The van der Waals surface area contributed by atoms with E-state index in [4.69, 9.17) is 0 Å². The van der Waals surface area contributed by atoms with Crippen LogP contribution in [-0.2, 0) is 6.42 Å². The lowest BCUT2D eigenvalue weighted by atomic mass is 10.2. The van der Waals surface area contributed by atoms with Crippen LogP contribution in [-0.4, -0.2) is 32.2 Å². The van der Waals surface area contributed by atoms with Crippen LogP contribution >= 0.6 is 0 Å². The van der Waals surface area contributed by atoms with Gasteiger partial charge in [-0.2, -0.15) is 0 Å². The van der Waals surface area contributed by atoms with Crippen molar-refractivity contribution in [1.82, 2.24) is 19.7 Å². The Balaban J connectivity index is 1.74. The molecule has 1 aliphatic heterocycles. The van der Waals surface area contributed by atoms with Crippen molar-refractivity contribution in [3.63, 3.8) is 0 Å². The van der Waals surface area contributed by atoms with Gasteiger partial charge in [0.2, 0.25) is 5.82 Å². The standard InChI is InChI=1S/C19H18FN5O/c1-12(2)18-22-17(23-25(18)15-5-3-4-14(20)10-15)19(26)24-9-7-13-6-8-21-11-16(13)24/h3-6,8,10-12H,7,9H2,1-2H3. The van der Waals surface area contributed by atoms with Crippen LogP contribution in [0.2, 0.25) is 0 Å². The number of hydrogen-bond donors (Lipinski definition) is 0. The quantitative estimate of drug-likeness (QED) is 0.727. The van der Waals surface area contributed by atoms with Crippen molar-refractivity contribution in [3.05, 3.63) is 65.8 Å². The van der Waals surface area contributed by atoms with Gasteiger partial charge in [-0.05, 0) is 36.2 Å². The number of amides is 1. The number of halogens is 1. The summed E-state index contributed by atoms with van der Waals surface area (Å²) in [6.07, 6.45) is 4.19. The number of nitrogens with zero attached hydrogens (tertiary/aromatic N) is 5. The van der Waals surface area contributed by atoms with E-state index in [0.29, 0.717) is 18.1 Å². The number of fused-ring (bicyclic) bond motifs is 1. The van der Waals surface area contributed by atoms with Gasteiger partial charge in [-0.15, -0.1) is 5.10 Å². The zero-order valence-corrected chi connectivity index (χ0v) is 14.6. The number of hydrogen-bond acceptors (Lipinski definition) is 4. The Kier molecular flexibility index (Phi) is 3.99. The van der Waals surface area contributed by atoms with Crippen molar-refractivity contribution >= 4 is 11.6 Å². The Labute approximate surface area is 150 Å². The topological polar surface area (TPSA) is 63.9 Å². The van der Waals surface area contributed by atoms with Gasteiger partial charge < -0.3 is 4.90 Å². The predicted molar refractivity (Wildman–Crippen MR) is 95.0 cm³/mol. The summed E-state index contributed by atoms with van der Waals surface area (Å²) in [6.45, 7) is 4.50. The lowest BCUT2D eigenvalue weighted by Gasteiger charge is -2.14. The van der Waals surface area contributed by atoms with Gasteiger partial charge in [0.15, 0.2) is 0 Å². The molecule has 6 nitrogen and oxygen atoms in total. The second-order valence-electron chi connectivity index (χ2n) is 6.55. The lowest BCUT2D eigenvalue weighted by Crippen LogP contribution is -2.30. The molecule has 0 saturated heterocycles. The highest BCUT2D eigenvalue weighted by Gasteiger charge is 2.29. The molecule has 2 aromatic heterocycles. The van der Waals surface area contributed by atoms with Gasteiger partial charge in [0.25, 0.3) is 5.91 Å². The minimum Gasteiger partial charge on any atom is -0.303 e. The first-order chi connectivity index (χ1) is 12.5. The summed E-state index contributed by atoms with van der Waals surface area (Å²) in [5, 5.41) is 4.39. The van der Waals surface area contributed by atoms with Crippen molar-refractivity contribution in [2.45, 2.75) is 26.2 Å². The minimum absolute atomic E-state index is 0.0276. The van der Waals surface area contributed by atoms with Crippen LogP contribution in [0.25, 0.3) is 5.69 Å². The largest absolute Gasteiger partial charge is 0.303 e. The van der Waals surface area contributed by atoms with E-state index in [1.54, 1.807) is 34.1 Å². The SMILES string of the molecule is CC(C)c1nc(C(=O)N2CCc3ccncc32)nn1-c1cccc(F)c1. The highest BCUT2D eigenvalue weighted by atomic mass is 19.1. The zero-order valence-electron chi connectivity index (χ0n) is 14.6. The molecule has 132 valence electrons. The first kappa shape index (κ1) is 16.4. The smallest absolute Gasteiger partial charge is 0.298 e. The van der Waals surface area contributed by atoms with E-state index in [0.717, 1.165) is 17.7 Å². The third-order valence-corrected chi connectivity index (χ3v) is 4.42. The fraction of sp³-hybridized carbons (Fsp3) is 0.263. The summed E-state index contributed by atoms with van der Waals surface area (Å²) < 4.78 is 15.2. The first-order valence-electron chi connectivity index (χ1n) is 8.52. The van der Waals surface area contributed by atoms with Gasteiger partial charge in [-0.25, -0.2) is 14.1 Å². The van der Waals surface area contributed by atoms with Gasteiger partial charge in [0.05, 0.1) is 17.6 Å². The molecule has 0 bridgehead atoms. The third-order valence-electron chi connectivity index (χ3n) is 4.42. The van der Waals surface area contributed by atoms with Crippen LogP contribution < -0.4 is 4.90 Å². The Bertz CT molecular complexity index is 982. The summed E-state index contributed by atoms with van der Waals surface area (Å²) in [5.41, 5.74) is 2.43. The number of carbonyl (C=O) groups excluding carboxylic acids is 1. The monoisotopic (exact) mass is 351 g/mol. The number of anilines is 1. The molecule has 0 radical (unpaired) electrons. The molecule has 0 N–H and O–H groups in total. The summed E-state index contributed by atoms with van der Waals surface area (Å²) in [7, 11) is 0. The fourth-order valence-corrected chi connectivity index (χ4v) is 3.14. The fourth-order valence-electron chi connectivity index (χ4n) is 3.14. The molecule has 1 aliphatic rings. The van der Waals surface area contributed by atoms with Gasteiger partial charge in [0, 0.05) is 18.7 Å². The van der Waals surface area contributed by atoms with E-state index < -0.39 is 0 Å². The van der Waals surface area contributed by atoms with Crippen molar-refractivity contribution < 1.29 is 9.18 Å². The van der Waals surface area contributed by atoms with Crippen LogP contribution in [0.1, 0.15) is 41.8 Å². The van der Waals surface area contributed by atoms with Crippen molar-refractivity contribution in [2.75, 3.05) is 11.4 Å². The zero-order chi connectivity index (χ0) is 18.3. The van der Waals surface area contributed by atoms with E-state index in [1.165, 1.54) is 12.1 Å². The summed E-state index contributed by atoms with van der Waals surface area (Å²) in [4.78, 5) is 23.2. The Morgan fingerprint density at radius 2 is 2.12 bits per heavy atom. The molecule has 26 heavy (non-hydrogen) atoms. The normalized spacial score (nSPS) is 13.3. The van der Waals surface area contributed by atoms with Crippen LogP contribution in [0.3, 0.4) is 0 Å². The van der Waals surface area contributed by atoms with Crippen molar-refractivity contribution in [2.24, 2.45) is 0 Å². The number of benzene rings is 1. The van der Waals surface area contributed by atoms with E-state index in [2.05, 4.69) is 15.1 Å². The summed E-state index contributed by atoms with van der Waals surface area (Å²) in [6, 6.07) is 8.02. The minimum atomic E-state index is -0.361. The molecule has 0 spiro atoms. The van der Waals surface area contributed by atoms with Crippen LogP contribution in [0.4, 0.5) is 10.1 Å². The number of aromatic nitrogens is 4. The maximum absolute atomic E-state index is 13.6. The molecule has 0 saturated carbocycles. The number of carbonyl (C=O) groups is 1. The van der Waals surface area contributed by atoms with E-state index in [1.807, 2.05) is 19.9 Å². The van der Waals surface area contributed by atoms with Gasteiger partial charge in [0.1, 0.15) is 11.6 Å². The molecule has 1 amide bonds. The number of pyridine rings is 1. The second kappa shape index (κ2) is 6.33. The molecule has 4 rings (SSSR count). The molecular formula is C19H18FN5O. The Morgan fingerprint density at radius 1 is 1.27 bits per heavy atom. The maximum atomic E-state index is 13.6. The highest BCUT2D eigenvalue weighted by molar-refractivity contribution is 6.04. The highest BCUT2D eigenvalue weighted by Crippen LogP contribution is 2.28. The van der Waals surface area contributed by atoms with E-state index >= 15 is 0 Å². The van der Waals surface area contributed by atoms with Crippen LogP contribution in [0.15, 0.2) is 42.7 Å². The molecule has 7 heteroatoms. The van der Waals surface area contributed by atoms with Crippen LogP contribution in [0, 0.1) is 5.82 Å². The molecule has 3 aromatic rings. The maximum Gasteiger partial charge on any atom is 0.298 e. The molecule has 0 aliphatic carbocycles. The number of rotatable bonds is 3. The van der Waals surface area contributed by atoms with Crippen molar-refractivity contribution in [1.29, 1.82) is 0 Å². The Hall–Kier alpha value is -3.09. The van der Waals surface area contributed by atoms with Gasteiger partial charge >= 0.3 is 0 Å². The van der Waals surface area contributed by atoms with E-state index in [-0.39, 0.29) is 23.5 Å². The molecular weight excluding hydrogens is 333 g/mol. The molecule has 0 fully saturated rings. The third kappa shape index (κ3) is 2.75. The lowest BCUT2D eigenvalue weighted by molar-refractivity contribution is 0.0979. The molecule has 1 aromatic carbocycles. The average Bonchev–Trinajstić information content (AvgIpc) is 3.26.